The number of halogens is 4. The zero-order valence-electron chi connectivity index (χ0n) is 8.25. The van der Waals surface area contributed by atoms with E-state index in [4.69, 9.17) is 0 Å². The molecule has 1 aromatic heterocycles. The first kappa shape index (κ1) is 13.7. The Hall–Kier alpha value is 0.250. The summed E-state index contributed by atoms with van der Waals surface area (Å²) in [7, 11) is 0. The Balaban J connectivity index is 2.43. The van der Waals surface area contributed by atoms with E-state index >= 15 is 0 Å². The molecule has 1 nitrogen and oxygen atoms in total. The van der Waals surface area contributed by atoms with Crippen LogP contribution in [0.1, 0.15) is 17.2 Å². The van der Waals surface area contributed by atoms with Crippen LogP contribution in [0, 0.1) is 5.82 Å². The normalized spacial score (nSPS) is 12.8. The molecule has 1 atom stereocenters. The van der Waals surface area contributed by atoms with Crippen molar-refractivity contribution in [3.8, 4) is 0 Å². The van der Waals surface area contributed by atoms with Crippen LogP contribution in [-0.4, -0.2) is 5.11 Å². The fraction of sp³-hybridized carbons (Fsp3) is 0.0909. The molecule has 2 rings (SSSR count). The zero-order valence-corrected chi connectivity index (χ0v) is 13.8. The van der Waals surface area contributed by atoms with Crippen molar-refractivity contribution in [2.24, 2.45) is 0 Å². The zero-order chi connectivity index (χ0) is 12.6. The van der Waals surface area contributed by atoms with Gasteiger partial charge in [-0.25, -0.2) is 4.39 Å². The molecule has 0 radical (unpaired) electrons. The van der Waals surface area contributed by atoms with Crippen molar-refractivity contribution < 1.29 is 9.50 Å². The van der Waals surface area contributed by atoms with Gasteiger partial charge in [-0.1, -0.05) is 22.0 Å². The predicted octanol–water partition coefficient (Wildman–Crippen LogP) is 5.26. The summed E-state index contributed by atoms with van der Waals surface area (Å²) in [6.45, 7) is 0. The van der Waals surface area contributed by atoms with E-state index in [-0.39, 0.29) is 5.82 Å². The standard InChI is InChI=1S/C11H6Br3FOS/c12-8-3-5(15)1-2-6(8)10(16)7-4-9(13)17-11(7)14/h1-4,10,16H. The van der Waals surface area contributed by atoms with Crippen LogP contribution in [0.2, 0.25) is 0 Å². The second kappa shape index (κ2) is 5.48. The van der Waals surface area contributed by atoms with Crippen LogP contribution in [0.15, 0.2) is 36.3 Å². The maximum absolute atomic E-state index is 13.0. The topological polar surface area (TPSA) is 20.2 Å². The second-order valence-electron chi connectivity index (χ2n) is 3.35. The minimum atomic E-state index is -0.790. The van der Waals surface area contributed by atoms with Gasteiger partial charge < -0.3 is 5.11 Å². The molecule has 0 saturated carbocycles. The molecule has 0 fully saturated rings. The molecule has 1 N–H and O–H groups in total. The van der Waals surface area contributed by atoms with Gasteiger partial charge in [0.1, 0.15) is 11.9 Å². The lowest BCUT2D eigenvalue weighted by molar-refractivity contribution is 0.219. The summed E-state index contributed by atoms with van der Waals surface area (Å²) in [5.41, 5.74) is 1.39. The van der Waals surface area contributed by atoms with E-state index in [1.54, 1.807) is 6.07 Å². The van der Waals surface area contributed by atoms with E-state index in [2.05, 4.69) is 47.8 Å². The Bertz CT molecular complexity index is 556. The average Bonchev–Trinajstić information content (AvgIpc) is 2.57. The summed E-state index contributed by atoms with van der Waals surface area (Å²) in [6, 6.07) is 6.09. The van der Waals surface area contributed by atoms with Gasteiger partial charge in [0.15, 0.2) is 0 Å². The molecule has 0 aliphatic carbocycles. The summed E-state index contributed by atoms with van der Waals surface area (Å²) in [6.07, 6.45) is -0.790. The smallest absolute Gasteiger partial charge is 0.124 e. The molecule has 1 heterocycles. The number of aliphatic hydroxyl groups excluding tert-OH is 1. The molecule has 1 unspecified atom stereocenters. The Morgan fingerprint density at radius 1 is 1.12 bits per heavy atom. The van der Waals surface area contributed by atoms with E-state index < -0.39 is 6.10 Å². The largest absolute Gasteiger partial charge is 0.384 e. The van der Waals surface area contributed by atoms with Gasteiger partial charge in [0, 0.05) is 10.0 Å². The van der Waals surface area contributed by atoms with Gasteiger partial charge in [-0.05, 0) is 55.6 Å². The number of thiophene rings is 1. The van der Waals surface area contributed by atoms with Gasteiger partial charge in [-0.15, -0.1) is 11.3 Å². The molecule has 0 bridgehead atoms. The van der Waals surface area contributed by atoms with Gasteiger partial charge in [-0.2, -0.15) is 0 Å². The molecule has 90 valence electrons. The highest BCUT2D eigenvalue weighted by Gasteiger charge is 2.18. The third-order valence-electron chi connectivity index (χ3n) is 2.23. The Morgan fingerprint density at radius 2 is 1.82 bits per heavy atom. The molecule has 0 amide bonds. The minimum absolute atomic E-state index is 0.335. The Kier molecular flexibility index (Phi) is 4.41. The number of rotatable bonds is 2. The maximum atomic E-state index is 13.0. The van der Waals surface area contributed by atoms with Gasteiger partial charge in [-0.3, -0.25) is 0 Å². The van der Waals surface area contributed by atoms with E-state index in [9.17, 15) is 9.50 Å². The number of aliphatic hydroxyl groups is 1. The highest BCUT2D eigenvalue weighted by Crippen LogP contribution is 2.39. The van der Waals surface area contributed by atoms with Gasteiger partial charge in [0.2, 0.25) is 0 Å². The van der Waals surface area contributed by atoms with E-state index in [1.165, 1.54) is 23.5 Å². The summed E-state index contributed by atoms with van der Waals surface area (Å²) in [5.74, 6) is -0.335. The van der Waals surface area contributed by atoms with Crippen LogP contribution in [0.25, 0.3) is 0 Å². The van der Waals surface area contributed by atoms with Crippen molar-refractivity contribution in [2.45, 2.75) is 6.10 Å². The van der Waals surface area contributed by atoms with Crippen molar-refractivity contribution in [1.29, 1.82) is 0 Å². The van der Waals surface area contributed by atoms with Gasteiger partial charge in [0.25, 0.3) is 0 Å². The summed E-state index contributed by atoms with van der Waals surface area (Å²) in [4.78, 5) is 0. The molecule has 17 heavy (non-hydrogen) atoms. The SMILES string of the molecule is OC(c1ccc(F)cc1Br)c1cc(Br)sc1Br. The van der Waals surface area contributed by atoms with Crippen molar-refractivity contribution >= 4 is 59.1 Å². The van der Waals surface area contributed by atoms with Crippen LogP contribution < -0.4 is 0 Å². The molecular weight excluding hydrogens is 439 g/mol. The molecule has 0 spiro atoms. The van der Waals surface area contributed by atoms with Crippen molar-refractivity contribution in [3.63, 3.8) is 0 Å². The first-order chi connectivity index (χ1) is 7.99. The average molecular weight is 445 g/mol. The number of benzene rings is 1. The second-order valence-corrected chi connectivity index (χ2v) is 7.95. The lowest BCUT2D eigenvalue weighted by atomic mass is 10.0. The fourth-order valence-corrected chi connectivity index (χ4v) is 4.88. The molecule has 0 saturated heterocycles. The third-order valence-corrected chi connectivity index (χ3v) is 5.31. The summed E-state index contributed by atoms with van der Waals surface area (Å²) < 4.78 is 15.3. The Morgan fingerprint density at radius 3 is 2.35 bits per heavy atom. The van der Waals surface area contributed by atoms with Crippen molar-refractivity contribution in [3.05, 3.63) is 53.3 Å². The Labute approximate surface area is 127 Å². The van der Waals surface area contributed by atoms with Crippen LogP contribution >= 0.6 is 59.1 Å². The van der Waals surface area contributed by atoms with E-state index in [1.807, 2.05) is 6.07 Å². The fourth-order valence-electron chi connectivity index (χ4n) is 1.43. The lowest BCUT2D eigenvalue weighted by Gasteiger charge is -2.12. The van der Waals surface area contributed by atoms with Crippen LogP contribution in [0.5, 0.6) is 0 Å². The van der Waals surface area contributed by atoms with Crippen molar-refractivity contribution in [2.75, 3.05) is 0 Å². The number of hydrogen-bond acceptors (Lipinski definition) is 2. The van der Waals surface area contributed by atoms with Crippen LogP contribution in [-0.2, 0) is 0 Å². The quantitative estimate of drug-likeness (QED) is 0.670. The van der Waals surface area contributed by atoms with Gasteiger partial charge >= 0.3 is 0 Å². The highest BCUT2D eigenvalue weighted by atomic mass is 79.9. The summed E-state index contributed by atoms with van der Waals surface area (Å²) >= 11 is 11.5. The van der Waals surface area contributed by atoms with Crippen LogP contribution in [0.4, 0.5) is 4.39 Å². The molecule has 0 aliphatic rings. The monoisotopic (exact) mass is 442 g/mol. The minimum Gasteiger partial charge on any atom is -0.384 e. The van der Waals surface area contributed by atoms with E-state index in [0.717, 1.165) is 13.1 Å². The first-order valence-electron chi connectivity index (χ1n) is 4.57. The molecule has 1 aromatic carbocycles. The highest BCUT2D eigenvalue weighted by molar-refractivity contribution is 9.12. The third kappa shape index (κ3) is 2.98. The lowest BCUT2D eigenvalue weighted by Crippen LogP contribution is -2.00. The molecule has 6 heteroatoms. The maximum Gasteiger partial charge on any atom is 0.124 e. The van der Waals surface area contributed by atoms with E-state index in [0.29, 0.717) is 10.0 Å². The first-order valence-corrected chi connectivity index (χ1v) is 7.76. The predicted molar refractivity (Wildman–Crippen MR) is 77.9 cm³/mol. The van der Waals surface area contributed by atoms with Gasteiger partial charge in [0.05, 0.1) is 7.57 Å². The van der Waals surface area contributed by atoms with Crippen LogP contribution in [0.3, 0.4) is 0 Å². The molecular formula is C11H6Br3FOS. The molecule has 0 aliphatic heterocycles. The molecule has 2 aromatic rings. The summed E-state index contributed by atoms with van der Waals surface area (Å²) in [5, 5.41) is 10.3. The number of hydrogen-bond donors (Lipinski definition) is 1. The van der Waals surface area contributed by atoms with Crippen molar-refractivity contribution in [1.82, 2.24) is 0 Å².